The molecular formula is C10H14MgNO. The van der Waals surface area contributed by atoms with Crippen molar-refractivity contribution in [3.8, 4) is 0 Å². The van der Waals surface area contributed by atoms with Crippen molar-refractivity contribution in [2.75, 3.05) is 0 Å². The molecule has 0 saturated heterocycles. The van der Waals surface area contributed by atoms with Gasteiger partial charge in [0.05, 0.1) is 6.54 Å². The molecule has 1 amide bonds. The highest BCUT2D eigenvalue weighted by Gasteiger charge is 1.97. The van der Waals surface area contributed by atoms with E-state index >= 15 is 0 Å². The van der Waals surface area contributed by atoms with Gasteiger partial charge in [-0.1, -0.05) is 37.3 Å². The Bertz CT molecular complexity index is 248. The number of hydrogen-bond acceptors (Lipinski definition) is 1. The Labute approximate surface area is 94.9 Å². The highest BCUT2D eigenvalue weighted by atomic mass is 24.3. The fourth-order valence-electron chi connectivity index (χ4n) is 0.875. The number of carbonyl (C=O) groups excluding carboxylic acids is 1. The van der Waals surface area contributed by atoms with Gasteiger partial charge >= 0.3 is 23.1 Å². The molecule has 0 atom stereocenters. The molecule has 0 saturated carbocycles. The lowest BCUT2D eigenvalue weighted by atomic mass is 10.2. The number of nitrogens with zero attached hydrogens (tertiary/aromatic N) is 1. The standard InChI is InChI=1S/C10H12NO.Mg.2H/c1-2-10(12)11-8-9-6-4-3-5-7-9;;;/h3-7H,2,8H2,1H3;;;. The van der Waals surface area contributed by atoms with Gasteiger partial charge in [0.2, 0.25) is 5.91 Å². The number of amides is 1. The Balaban J connectivity index is 0.00000144. The van der Waals surface area contributed by atoms with Crippen LogP contribution in [0.2, 0.25) is 0 Å². The summed E-state index contributed by atoms with van der Waals surface area (Å²) >= 11 is 0. The molecular weight excluding hydrogens is 174 g/mol. The monoisotopic (exact) mass is 188 g/mol. The highest BCUT2D eigenvalue weighted by Crippen LogP contribution is 1.97. The van der Waals surface area contributed by atoms with Gasteiger partial charge in [-0.25, -0.2) is 5.32 Å². The lowest BCUT2D eigenvalue weighted by Crippen LogP contribution is -2.13. The van der Waals surface area contributed by atoms with E-state index in [1.165, 1.54) is 0 Å². The summed E-state index contributed by atoms with van der Waals surface area (Å²) in [4.78, 5) is 10.8. The molecule has 1 aromatic rings. The largest absolute Gasteiger partial charge is 0.316 e. The molecule has 67 valence electrons. The Hall–Kier alpha value is -0.544. The second kappa shape index (κ2) is 6.92. The Morgan fingerprint density at radius 2 is 1.92 bits per heavy atom. The second-order valence-electron chi connectivity index (χ2n) is 2.55. The van der Waals surface area contributed by atoms with Crippen LogP contribution in [-0.2, 0) is 11.3 Å². The van der Waals surface area contributed by atoms with Crippen molar-refractivity contribution in [3.63, 3.8) is 0 Å². The zero-order valence-corrected chi connectivity index (χ0v) is 7.16. The molecule has 0 fully saturated rings. The van der Waals surface area contributed by atoms with Crippen molar-refractivity contribution in [2.24, 2.45) is 0 Å². The van der Waals surface area contributed by atoms with Crippen LogP contribution in [0.4, 0.5) is 0 Å². The van der Waals surface area contributed by atoms with Gasteiger partial charge in [-0.15, -0.1) is 0 Å². The lowest BCUT2D eigenvalue weighted by Gasteiger charge is -1.99. The Kier molecular flexibility index (Phi) is 6.63. The van der Waals surface area contributed by atoms with E-state index in [2.05, 4.69) is 5.32 Å². The smallest absolute Gasteiger partial charge is 0.273 e. The van der Waals surface area contributed by atoms with Crippen molar-refractivity contribution in [2.45, 2.75) is 19.9 Å². The molecule has 2 nitrogen and oxygen atoms in total. The molecule has 0 heterocycles. The topological polar surface area (TPSA) is 31.2 Å². The Morgan fingerprint density at radius 1 is 1.31 bits per heavy atom. The van der Waals surface area contributed by atoms with Crippen molar-refractivity contribution < 1.29 is 4.79 Å². The summed E-state index contributed by atoms with van der Waals surface area (Å²) in [6.45, 7) is 2.32. The fourth-order valence-corrected chi connectivity index (χ4v) is 0.875. The summed E-state index contributed by atoms with van der Waals surface area (Å²) in [6.07, 6.45) is 0.493. The number of carbonyl (C=O) groups is 1. The van der Waals surface area contributed by atoms with E-state index in [9.17, 15) is 4.79 Å². The first-order valence-corrected chi connectivity index (χ1v) is 4.07. The summed E-state index contributed by atoms with van der Waals surface area (Å²) in [5.41, 5.74) is 1.08. The third-order valence-corrected chi connectivity index (χ3v) is 1.58. The van der Waals surface area contributed by atoms with E-state index in [4.69, 9.17) is 0 Å². The van der Waals surface area contributed by atoms with Crippen LogP contribution < -0.4 is 5.32 Å². The maximum atomic E-state index is 10.8. The molecule has 13 heavy (non-hydrogen) atoms. The van der Waals surface area contributed by atoms with Crippen LogP contribution >= 0.6 is 0 Å². The van der Waals surface area contributed by atoms with E-state index in [1.54, 1.807) is 0 Å². The maximum absolute atomic E-state index is 10.8. The summed E-state index contributed by atoms with van der Waals surface area (Å²) < 4.78 is 0. The summed E-state index contributed by atoms with van der Waals surface area (Å²) in [5.74, 6) is -0.0288. The summed E-state index contributed by atoms with van der Waals surface area (Å²) in [6, 6.07) is 9.77. The fraction of sp³-hybridized carbons (Fsp3) is 0.300. The van der Waals surface area contributed by atoms with E-state index in [0.717, 1.165) is 5.56 Å². The van der Waals surface area contributed by atoms with Crippen LogP contribution in [0.25, 0.3) is 0 Å². The predicted molar refractivity (Wildman–Crippen MR) is 56.1 cm³/mol. The van der Waals surface area contributed by atoms with E-state index < -0.39 is 0 Å². The summed E-state index contributed by atoms with van der Waals surface area (Å²) in [5, 5.41) is 3.87. The molecule has 0 aliphatic carbocycles. The molecule has 0 unspecified atom stereocenters. The third kappa shape index (κ3) is 4.90. The highest BCUT2D eigenvalue weighted by molar-refractivity contribution is 5.75. The van der Waals surface area contributed by atoms with Gasteiger partial charge < -0.3 is 0 Å². The number of benzene rings is 1. The Morgan fingerprint density at radius 3 is 2.46 bits per heavy atom. The molecule has 0 aromatic heterocycles. The first-order valence-electron chi connectivity index (χ1n) is 4.07. The average molecular weight is 189 g/mol. The van der Waals surface area contributed by atoms with Gasteiger partial charge in [-0.05, 0) is 5.56 Å². The minimum atomic E-state index is -0.0288. The SMILES string of the molecule is CCC(=O)[N]Cc1ccccc1.[MgH2]. The molecule has 3 heteroatoms. The minimum absolute atomic E-state index is 0. The number of rotatable bonds is 3. The van der Waals surface area contributed by atoms with Crippen molar-refractivity contribution in [1.82, 2.24) is 5.32 Å². The van der Waals surface area contributed by atoms with Crippen LogP contribution in [-0.4, -0.2) is 29.0 Å². The molecule has 1 aromatic carbocycles. The minimum Gasteiger partial charge on any atom is -0.273 e. The van der Waals surface area contributed by atoms with Gasteiger partial charge in [0.1, 0.15) is 0 Å². The quantitative estimate of drug-likeness (QED) is 0.646. The van der Waals surface area contributed by atoms with Crippen molar-refractivity contribution in [1.29, 1.82) is 0 Å². The normalized spacial score (nSPS) is 8.69. The third-order valence-electron chi connectivity index (χ3n) is 1.58. The molecule has 1 radical (unpaired) electrons. The van der Waals surface area contributed by atoms with Gasteiger partial charge in [-0.3, -0.25) is 4.79 Å². The van der Waals surface area contributed by atoms with Gasteiger partial charge in [0.25, 0.3) is 0 Å². The van der Waals surface area contributed by atoms with Crippen molar-refractivity contribution >= 4 is 29.0 Å². The van der Waals surface area contributed by atoms with Gasteiger partial charge in [-0.2, -0.15) is 0 Å². The summed E-state index contributed by atoms with van der Waals surface area (Å²) in [7, 11) is 0. The van der Waals surface area contributed by atoms with E-state index in [-0.39, 0.29) is 29.0 Å². The molecule has 0 N–H and O–H groups in total. The first kappa shape index (κ1) is 12.5. The molecule has 0 bridgehead atoms. The zero-order chi connectivity index (χ0) is 8.81. The van der Waals surface area contributed by atoms with E-state index in [1.807, 2.05) is 37.3 Å². The van der Waals surface area contributed by atoms with Crippen molar-refractivity contribution in [3.05, 3.63) is 35.9 Å². The predicted octanol–water partition coefficient (Wildman–Crippen LogP) is 0.811. The van der Waals surface area contributed by atoms with Crippen LogP contribution in [0, 0.1) is 0 Å². The first-order chi connectivity index (χ1) is 5.83. The molecule has 0 spiro atoms. The second-order valence-corrected chi connectivity index (χ2v) is 2.55. The van der Waals surface area contributed by atoms with Crippen LogP contribution in [0.5, 0.6) is 0 Å². The van der Waals surface area contributed by atoms with Crippen LogP contribution in [0.1, 0.15) is 18.9 Å². The zero-order valence-electron chi connectivity index (χ0n) is 7.16. The van der Waals surface area contributed by atoms with Crippen LogP contribution in [0.3, 0.4) is 0 Å². The number of hydrogen-bond donors (Lipinski definition) is 0. The molecule has 1 rings (SSSR count). The van der Waals surface area contributed by atoms with Gasteiger partial charge in [0.15, 0.2) is 0 Å². The van der Waals surface area contributed by atoms with Crippen LogP contribution in [0.15, 0.2) is 30.3 Å². The van der Waals surface area contributed by atoms with E-state index in [0.29, 0.717) is 13.0 Å². The maximum Gasteiger partial charge on any atom is 0.316 e. The lowest BCUT2D eigenvalue weighted by molar-refractivity contribution is -0.121. The molecule has 0 aliphatic rings. The molecule has 0 aliphatic heterocycles. The average Bonchev–Trinajstić information content (AvgIpc) is 2.16. The van der Waals surface area contributed by atoms with Gasteiger partial charge in [0, 0.05) is 6.42 Å².